The minimum Gasteiger partial charge on any atom is -0.366 e. The molecule has 0 bridgehead atoms. The fourth-order valence-corrected chi connectivity index (χ4v) is 3.70. The van der Waals surface area contributed by atoms with Crippen molar-refractivity contribution in [2.75, 3.05) is 6.54 Å². The van der Waals surface area contributed by atoms with Crippen LogP contribution in [0.5, 0.6) is 0 Å². The summed E-state index contributed by atoms with van der Waals surface area (Å²) in [6, 6.07) is 13.4. The Bertz CT molecular complexity index is 1000. The number of hydrogen-bond donors (Lipinski definition) is 1. The number of hydrogen-bond acceptors (Lipinski definition) is 2. The monoisotopic (exact) mass is 333 g/mol. The molecule has 0 radical (unpaired) electrons. The van der Waals surface area contributed by atoms with Gasteiger partial charge >= 0.3 is 0 Å². The average Bonchev–Trinajstić information content (AvgIpc) is 2.97. The lowest BCUT2D eigenvalue weighted by atomic mass is 9.94. The number of nitrogens with zero attached hydrogens (tertiary/aromatic N) is 2. The molecule has 25 heavy (non-hydrogen) atoms. The zero-order valence-electron chi connectivity index (χ0n) is 14.0. The number of primary amides is 1. The Kier molecular flexibility index (Phi) is 3.57. The molecule has 2 amide bonds. The van der Waals surface area contributed by atoms with Crippen LogP contribution in [0, 0.1) is 0 Å². The molecule has 0 unspecified atom stereocenters. The van der Waals surface area contributed by atoms with Crippen molar-refractivity contribution in [2.45, 2.75) is 13.0 Å². The van der Waals surface area contributed by atoms with Crippen molar-refractivity contribution in [1.29, 1.82) is 0 Å². The van der Waals surface area contributed by atoms with E-state index in [4.69, 9.17) is 5.73 Å². The summed E-state index contributed by atoms with van der Waals surface area (Å²) in [5.41, 5.74) is 9.75. The average molecular weight is 333 g/mol. The Labute approximate surface area is 145 Å². The van der Waals surface area contributed by atoms with Gasteiger partial charge < -0.3 is 15.2 Å². The molecular weight excluding hydrogens is 314 g/mol. The lowest BCUT2D eigenvalue weighted by molar-refractivity contribution is 0.0736. The number of carbonyl (C=O) groups is 2. The summed E-state index contributed by atoms with van der Waals surface area (Å²) in [4.78, 5) is 26.5. The molecule has 0 fully saturated rings. The summed E-state index contributed by atoms with van der Waals surface area (Å²) in [6.07, 6.45) is 2.54. The number of rotatable bonds is 2. The van der Waals surface area contributed by atoms with Crippen LogP contribution in [-0.4, -0.2) is 27.8 Å². The molecule has 1 aromatic heterocycles. The van der Waals surface area contributed by atoms with E-state index in [0.29, 0.717) is 30.6 Å². The maximum Gasteiger partial charge on any atom is 0.256 e. The molecular formula is C20H19N3O2. The summed E-state index contributed by atoms with van der Waals surface area (Å²) in [5.74, 6) is -0.391. The predicted octanol–water partition coefficient (Wildman–Crippen LogP) is 2.48. The molecule has 3 aromatic rings. The molecule has 0 spiro atoms. The molecule has 0 aliphatic carbocycles. The van der Waals surface area contributed by atoms with Gasteiger partial charge in [0.2, 0.25) is 5.91 Å². The summed E-state index contributed by atoms with van der Waals surface area (Å²) in [6.45, 7) is 1.08. The third kappa shape index (κ3) is 2.48. The number of benzene rings is 2. The van der Waals surface area contributed by atoms with Gasteiger partial charge in [-0.2, -0.15) is 0 Å². The van der Waals surface area contributed by atoms with Crippen LogP contribution in [-0.2, 0) is 20.0 Å². The van der Waals surface area contributed by atoms with Crippen LogP contribution < -0.4 is 5.73 Å². The van der Waals surface area contributed by atoms with Crippen LogP contribution >= 0.6 is 0 Å². The van der Waals surface area contributed by atoms with E-state index in [2.05, 4.69) is 0 Å². The first-order chi connectivity index (χ1) is 12.1. The van der Waals surface area contributed by atoms with E-state index >= 15 is 0 Å². The van der Waals surface area contributed by atoms with Gasteiger partial charge in [-0.1, -0.05) is 30.3 Å². The van der Waals surface area contributed by atoms with Crippen molar-refractivity contribution >= 4 is 22.7 Å². The highest BCUT2D eigenvalue weighted by atomic mass is 16.2. The topological polar surface area (TPSA) is 68.3 Å². The molecule has 5 nitrogen and oxygen atoms in total. The minimum absolute atomic E-state index is 0.0203. The third-order valence-corrected chi connectivity index (χ3v) is 4.95. The van der Waals surface area contributed by atoms with E-state index in [1.165, 1.54) is 0 Å². The smallest absolute Gasteiger partial charge is 0.256 e. The van der Waals surface area contributed by atoms with E-state index in [9.17, 15) is 9.59 Å². The van der Waals surface area contributed by atoms with Gasteiger partial charge in [0.15, 0.2) is 0 Å². The van der Waals surface area contributed by atoms with Crippen molar-refractivity contribution in [2.24, 2.45) is 12.8 Å². The van der Waals surface area contributed by atoms with Crippen LogP contribution in [0.1, 0.15) is 31.8 Å². The lowest BCUT2D eigenvalue weighted by Crippen LogP contribution is -2.36. The molecule has 0 atom stereocenters. The summed E-state index contributed by atoms with van der Waals surface area (Å²) < 4.78 is 1.98. The second-order valence-electron chi connectivity index (χ2n) is 6.46. The highest BCUT2D eigenvalue weighted by molar-refractivity contribution is 6.07. The molecule has 0 saturated heterocycles. The van der Waals surface area contributed by atoms with Gasteiger partial charge in [0.25, 0.3) is 5.91 Å². The highest BCUT2D eigenvalue weighted by Gasteiger charge is 2.26. The standard InChI is InChI=1S/C20H19N3O2/c1-22-12-17(15-6-2-3-8-18(15)22)20(25)23-10-9-14-13(11-23)5-4-7-16(14)19(21)24/h2-8,12H,9-11H2,1H3,(H2,21,24). The Hall–Kier alpha value is -3.08. The van der Waals surface area contributed by atoms with Gasteiger partial charge in [0, 0.05) is 42.8 Å². The first kappa shape index (κ1) is 15.4. The van der Waals surface area contributed by atoms with Crippen LogP contribution in [0.2, 0.25) is 0 Å². The molecule has 126 valence electrons. The molecule has 2 heterocycles. The summed E-state index contributed by atoms with van der Waals surface area (Å²) in [5, 5.41) is 0.965. The van der Waals surface area contributed by atoms with E-state index in [1.807, 2.05) is 59.1 Å². The Balaban J connectivity index is 1.69. The van der Waals surface area contributed by atoms with E-state index in [0.717, 1.165) is 22.0 Å². The van der Waals surface area contributed by atoms with Crippen LogP contribution in [0.3, 0.4) is 0 Å². The van der Waals surface area contributed by atoms with Gasteiger partial charge in [-0.3, -0.25) is 9.59 Å². The second-order valence-corrected chi connectivity index (χ2v) is 6.46. The fourth-order valence-electron chi connectivity index (χ4n) is 3.70. The third-order valence-electron chi connectivity index (χ3n) is 4.95. The predicted molar refractivity (Wildman–Crippen MR) is 96.3 cm³/mol. The van der Waals surface area contributed by atoms with Crippen molar-refractivity contribution in [3.05, 3.63) is 70.9 Å². The van der Waals surface area contributed by atoms with Gasteiger partial charge in [0.05, 0.1) is 5.56 Å². The Morgan fingerprint density at radius 3 is 2.64 bits per heavy atom. The number of amides is 2. The summed E-state index contributed by atoms with van der Waals surface area (Å²) >= 11 is 0. The van der Waals surface area contributed by atoms with Crippen LogP contribution in [0.25, 0.3) is 10.9 Å². The maximum absolute atomic E-state index is 13.1. The molecule has 5 heteroatoms. The first-order valence-electron chi connectivity index (χ1n) is 8.30. The minimum atomic E-state index is -0.411. The van der Waals surface area contributed by atoms with Gasteiger partial charge in [-0.25, -0.2) is 0 Å². The van der Waals surface area contributed by atoms with Crippen molar-refractivity contribution in [3.63, 3.8) is 0 Å². The van der Waals surface area contributed by atoms with Crippen LogP contribution in [0.4, 0.5) is 0 Å². The van der Waals surface area contributed by atoms with E-state index in [-0.39, 0.29) is 5.91 Å². The molecule has 0 saturated carbocycles. The Morgan fingerprint density at radius 2 is 1.84 bits per heavy atom. The fraction of sp³-hybridized carbons (Fsp3) is 0.200. The second kappa shape index (κ2) is 5.77. The first-order valence-corrected chi connectivity index (χ1v) is 8.30. The van der Waals surface area contributed by atoms with Gasteiger partial charge in [-0.05, 0) is 29.7 Å². The van der Waals surface area contributed by atoms with Gasteiger partial charge in [0.1, 0.15) is 0 Å². The quantitative estimate of drug-likeness (QED) is 0.783. The largest absolute Gasteiger partial charge is 0.366 e. The van der Waals surface area contributed by atoms with E-state index in [1.54, 1.807) is 6.07 Å². The summed E-state index contributed by atoms with van der Waals surface area (Å²) in [7, 11) is 1.95. The molecule has 2 N–H and O–H groups in total. The lowest BCUT2D eigenvalue weighted by Gasteiger charge is -2.29. The maximum atomic E-state index is 13.1. The number of nitrogens with two attached hydrogens (primary N) is 1. The van der Waals surface area contributed by atoms with Crippen molar-refractivity contribution < 1.29 is 9.59 Å². The molecule has 4 rings (SSSR count). The normalized spacial score (nSPS) is 13.7. The number of aromatic nitrogens is 1. The molecule has 1 aliphatic heterocycles. The van der Waals surface area contributed by atoms with Gasteiger partial charge in [-0.15, -0.1) is 0 Å². The van der Waals surface area contributed by atoms with E-state index < -0.39 is 5.91 Å². The zero-order valence-corrected chi connectivity index (χ0v) is 14.0. The van der Waals surface area contributed by atoms with Crippen molar-refractivity contribution in [1.82, 2.24) is 9.47 Å². The number of para-hydroxylation sites is 1. The molecule has 2 aromatic carbocycles. The zero-order chi connectivity index (χ0) is 17.6. The highest BCUT2D eigenvalue weighted by Crippen LogP contribution is 2.26. The SMILES string of the molecule is Cn1cc(C(=O)N2CCc3c(cccc3C(N)=O)C2)c2ccccc21. The molecule has 1 aliphatic rings. The Morgan fingerprint density at radius 1 is 1.04 bits per heavy atom. The number of carbonyl (C=O) groups excluding carboxylic acids is 2. The van der Waals surface area contributed by atoms with Crippen molar-refractivity contribution in [3.8, 4) is 0 Å². The van der Waals surface area contributed by atoms with Crippen LogP contribution in [0.15, 0.2) is 48.7 Å². The number of aryl methyl sites for hydroxylation is 1. The number of fused-ring (bicyclic) bond motifs is 2.